The van der Waals surface area contributed by atoms with E-state index in [2.05, 4.69) is 11.7 Å². The van der Waals surface area contributed by atoms with Crippen molar-refractivity contribution in [2.45, 2.75) is 37.5 Å². The van der Waals surface area contributed by atoms with Gasteiger partial charge in [-0.1, -0.05) is 31.9 Å². The lowest BCUT2D eigenvalue weighted by molar-refractivity contribution is -0.139. The molecule has 0 aliphatic heterocycles. The second-order valence-electron chi connectivity index (χ2n) is 4.93. The standard InChI is InChI=1S/C15H23NO4S/c1-4-5-6-11-16(2)21(18,19)14-9-7-13(8-10-14)12-15(17)20-3/h7-10H,4-6,11-12H2,1-3H3. The molecule has 0 saturated heterocycles. The molecule has 0 aliphatic rings. The van der Waals surface area contributed by atoms with Crippen LogP contribution in [0.5, 0.6) is 0 Å². The maximum Gasteiger partial charge on any atom is 0.309 e. The Balaban J connectivity index is 2.77. The van der Waals surface area contributed by atoms with Crippen LogP contribution in [0.2, 0.25) is 0 Å². The molecule has 0 aliphatic carbocycles. The second-order valence-corrected chi connectivity index (χ2v) is 6.98. The van der Waals surface area contributed by atoms with Crippen LogP contribution in [0, 0.1) is 0 Å². The largest absolute Gasteiger partial charge is 0.469 e. The van der Waals surface area contributed by atoms with Crippen molar-refractivity contribution in [3.05, 3.63) is 29.8 Å². The van der Waals surface area contributed by atoms with E-state index in [0.717, 1.165) is 24.8 Å². The van der Waals surface area contributed by atoms with Crippen LogP contribution in [0.25, 0.3) is 0 Å². The Morgan fingerprint density at radius 3 is 2.33 bits per heavy atom. The second kappa shape index (κ2) is 8.14. The highest BCUT2D eigenvalue weighted by Gasteiger charge is 2.20. The first-order valence-corrected chi connectivity index (χ1v) is 8.48. The van der Waals surface area contributed by atoms with E-state index < -0.39 is 10.0 Å². The van der Waals surface area contributed by atoms with Gasteiger partial charge in [0, 0.05) is 13.6 Å². The average Bonchev–Trinajstić information content (AvgIpc) is 2.47. The molecule has 1 rings (SSSR count). The molecule has 6 heteroatoms. The third-order valence-corrected chi connectivity index (χ3v) is 5.16. The molecule has 0 heterocycles. The van der Waals surface area contributed by atoms with Gasteiger partial charge in [0.1, 0.15) is 0 Å². The quantitative estimate of drug-likeness (QED) is 0.545. The predicted molar refractivity (Wildman–Crippen MR) is 81.5 cm³/mol. The molecule has 0 aromatic heterocycles. The lowest BCUT2D eigenvalue weighted by atomic mass is 10.2. The van der Waals surface area contributed by atoms with Crippen LogP contribution in [-0.2, 0) is 26.0 Å². The smallest absolute Gasteiger partial charge is 0.309 e. The number of carbonyl (C=O) groups is 1. The summed E-state index contributed by atoms with van der Waals surface area (Å²) in [4.78, 5) is 11.4. The molecule has 1 aromatic carbocycles. The molecule has 0 spiro atoms. The summed E-state index contributed by atoms with van der Waals surface area (Å²) in [6.07, 6.45) is 3.06. The third-order valence-electron chi connectivity index (χ3n) is 3.28. The molecule has 0 bridgehead atoms. The molecule has 0 unspecified atom stereocenters. The van der Waals surface area contributed by atoms with E-state index in [0.29, 0.717) is 6.54 Å². The number of benzene rings is 1. The normalized spacial score (nSPS) is 11.6. The number of carbonyl (C=O) groups excluding carboxylic acids is 1. The summed E-state index contributed by atoms with van der Waals surface area (Å²) in [5, 5.41) is 0. The Bertz CT molecular complexity index is 552. The van der Waals surface area contributed by atoms with Crippen molar-refractivity contribution in [1.29, 1.82) is 0 Å². The fourth-order valence-electron chi connectivity index (χ4n) is 1.90. The minimum absolute atomic E-state index is 0.142. The molecule has 1 aromatic rings. The fourth-order valence-corrected chi connectivity index (χ4v) is 3.11. The number of hydrogen-bond donors (Lipinski definition) is 0. The summed E-state index contributed by atoms with van der Waals surface area (Å²) >= 11 is 0. The highest BCUT2D eigenvalue weighted by atomic mass is 32.2. The van der Waals surface area contributed by atoms with Crippen molar-refractivity contribution in [3.63, 3.8) is 0 Å². The topological polar surface area (TPSA) is 63.7 Å². The van der Waals surface area contributed by atoms with E-state index in [1.807, 2.05) is 0 Å². The van der Waals surface area contributed by atoms with Crippen LogP contribution < -0.4 is 0 Å². The number of unbranched alkanes of at least 4 members (excludes halogenated alkanes) is 2. The summed E-state index contributed by atoms with van der Waals surface area (Å²) < 4.78 is 30.7. The first-order chi connectivity index (χ1) is 9.91. The summed E-state index contributed by atoms with van der Waals surface area (Å²) in [6.45, 7) is 2.59. The van der Waals surface area contributed by atoms with Crippen molar-refractivity contribution >= 4 is 16.0 Å². The SMILES string of the molecule is CCCCCN(C)S(=O)(=O)c1ccc(CC(=O)OC)cc1. The maximum absolute atomic E-state index is 12.4. The molecule has 0 radical (unpaired) electrons. The first kappa shape index (κ1) is 17.7. The highest BCUT2D eigenvalue weighted by molar-refractivity contribution is 7.89. The first-order valence-electron chi connectivity index (χ1n) is 7.04. The van der Waals surface area contributed by atoms with Gasteiger partial charge in [-0.05, 0) is 24.1 Å². The van der Waals surface area contributed by atoms with Crippen LogP contribution in [-0.4, -0.2) is 39.4 Å². The summed E-state index contributed by atoms with van der Waals surface area (Å²) in [7, 11) is -0.537. The molecule has 0 atom stereocenters. The van der Waals surface area contributed by atoms with Gasteiger partial charge in [-0.3, -0.25) is 4.79 Å². The number of methoxy groups -OCH3 is 1. The van der Waals surface area contributed by atoms with Crippen LogP contribution in [0.1, 0.15) is 31.7 Å². The molecular weight excluding hydrogens is 290 g/mol. The molecule has 0 N–H and O–H groups in total. The van der Waals surface area contributed by atoms with E-state index in [4.69, 9.17) is 0 Å². The average molecular weight is 313 g/mol. The lowest BCUT2D eigenvalue weighted by Crippen LogP contribution is -2.28. The fraction of sp³-hybridized carbons (Fsp3) is 0.533. The van der Waals surface area contributed by atoms with Crippen molar-refractivity contribution in [2.24, 2.45) is 0 Å². The highest BCUT2D eigenvalue weighted by Crippen LogP contribution is 2.16. The number of nitrogens with zero attached hydrogens (tertiary/aromatic N) is 1. The van der Waals surface area contributed by atoms with Crippen LogP contribution in [0.15, 0.2) is 29.2 Å². The van der Waals surface area contributed by atoms with Crippen LogP contribution in [0.3, 0.4) is 0 Å². The van der Waals surface area contributed by atoms with E-state index in [1.54, 1.807) is 19.2 Å². The number of hydrogen-bond acceptors (Lipinski definition) is 4. The van der Waals surface area contributed by atoms with Gasteiger partial charge in [0.2, 0.25) is 10.0 Å². The van der Waals surface area contributed by atoms with Crippen LogP contribution in [0.4, 0.5) is 0 Å². The van der Waals surface area contributed by atoms with Gasteiger partial charge in [0.25, 0.3) is 0 Å². The Morgan fingerprint density at radius 1 is 1.19 bits per heavy atom. The summed E-state index contributed by atoms with van der Waals surface area (Å²) in [6, 6.07) is 6.35. The minimum Gasteiger partial charge on any atom is -0.469 e. The Hall–Kier alpha value is -1.40. The van der Waals surface area contributed by atoms with Gasteiger partial charge in [-0.15, -0.1) is 0 Å². The van der Waals surface area contributed by atoms with Crippen molar-refractivity contribution in [2.75, 3.05) is 20.7 Å². The molecule has 0 amide bonds. The molecule has 0 saturated carbocycles. The summed E-state index contributed by atoms with van der Waals surface area (Å²) in [5.41, 5.74) is 0.731. The van der Waals surface area contributed by atoms with Crippen LogP contribution >= 0.6 is 0 Å². The Kier molecular flexibility index (Phi) is 6.84. The van der Waals surface area contributed by atoms with Gasteiger partial charge in [-0.25, -0.2) is 12.7 Å². The zero-order valence-electron chi connectivity index (χ0n) is 12.8. The summed E-state index contributed by atoms with van der Waals surface area (Å²) in [5.74, 6) is -0.345. The molecule has 5 nitrogen and oxygen atoms in total. The molecule has 0 fully saturated rings. The number of ether oxygens (including phenoxy) is 1. The van der Waals surface area contributed by atoms with Gasteiger partial charge >= 0.3 is 5.97 Å². The van der Waals surface area contributed by atoms with E-state index in [1.165, 1.54) is 23.5 Å². The third kappa shape index (κ3) is 5.13. The van der Waals surface area contributed by atoms with Crippen molar-refractivity contribution in [3.8, 4) is 0 Å². The van der Waals surface area contributed by atoms with Crippen molar-refractivity contribution in [1.82, 2.24) is 4.31 Å². The zero-order chi connectivity index (χ0) is 15.9. The van der Waals surface area contributed by atoms with Crippen molar-refractivity contribution < 1.29 is 17.9 Å². The Morgan fingerprint density at radius 2 is 1.81 bits per heavy atom. The van der Waals surface area contributed by atoms with Gasteiger partial charge in [0.15, 0.2) is 0 Å². The number of esters is 1. The van der Waals surface area contributed by atoms with E-state index >= 15 is 0 Å². The molecule has 21 heavy (non-hydrogen) atoms. The van der Waals surface area contributed by atoms with Gasteiger partial charge in [0.05, 0.1) is 18.4 Å². The maximum atomic E-state index is 12.4. The Labute approximate surface area is 127 Å². The lowest BCUT2D eigenvalue weighted by Gasteiger charge is -2.17. The number of sulfonamides is 1. The van der Waals surface area contributed by atoms with Gasteiger partial charge in [-0.2, -0.15) is 0 Å². The minimum atomic E-state index is -3.45. The molecule has 118 valence electrons. The zero-order valence-corrected chi connectivity index (χ0v) is 13.6. The van der Waals surface area contributed by atoms with E-state index in [-0.39, 0.29) is 17.3 Å². The monoisotopic (exact) mass is 313 g/mol. The number of rotatable bonds is 8. The molecular formula is C15H23NO4S. The van der Waals surface area contributed by atoms with E-state index in [9.17, 15) is 13.2 Å². The van der Waals surface area contributed by atoms with Gasteiger partial charge < -0.3 is 4.74 Å². The predicted octanol–water partition coefficient (Wildman–Crippen LogP) is 2.21.